The van der Waals surface area contributed by atoms with Gasteiger partial charge < -0.3 is 4.74 Å². The SMILES string of the molecule is COC(=O)CC(=O)c1cccc(F)c1Br. The fraction of sp³-hybridized carbons (Fsp3) is 0.200. The van der Waals surface area contributed by atoms with Crippen LogP contribution in [0.5, 0.6) is 0 Å². The number of rotatable bonds is 3. The van der Waals surface area contributed by atoms with Crippen molar-refractivity contribution in [3.05, 3.63) is 34.1 Å². The van der Waals surface area contributed by atoms with Gasteiger partial charge in [0, 0.05) is 5.56 Å². The van der Waals surface area contributed by atoms with E-state index >= 15 is 0 Å². The third-order valence-electron chi connectivity index (χ3n) is 1.78. The Morgan fingerprint density at radius 1 is 1.47 bits per heavy atom. The van der Waals surface area contributed by atoms with Crippen molar-refractivity contribution in [1.82, 2.24) is 0 Å². The smallest absolute Gasteiger partial charge is 0.313 e. The van der Waals surface area contributed by atoms with Crippen LogP contribution in [-0.4, -0.2) is 18.9 Å². The summed E-state index contributed by atoms with van der Waals surface area (Å²) in [6.45, 7) is 0. The van der Waals surface area contributed by atoms with Gasteiger partial charge in [-0.1, -0.05) is 12.1 Å². The normalized spacial score (nSPS) is 9.80. The van der Waals surface area contributed by atoms with Crippen LogP contribution in [0, 0.1) is 5.82 Å². The van der Waals surface area contributed by atoms with Crippen LogP contribution >= 0.6 is 15.9 Å². The summed E-state index contributed by atoms with van der Waals surface area (Å²) in [7, 11) is 1.19. The minimum absolute atomic E-state index is 0.0684. The highest BCUT2D eigenvalue weighted by Gasteiger charge is 2.16. The molecule has 0 aliphatic rings. The van der Waals surface area contributed by atoms with E-state index in [2.05, 4.69) is 20.7 Å². The Morgan fingerprint density at radius 3 is 2.73 bits per heavy atom. The van der Waals surface area contributed by atoms with Gasteiger partial charge in [0.05, 0.1) is 11.6 Å². The van der Waals surface area contributed by atoms with Crippen molar-refractivity contribution < 1.29 is 18.7 Å². The first kappa shape index (κ1) is 11.8. The lowest BCUT2D eigenvalue weighted by Crippen LogP contribution is -2.10. The zero-order valence-corrected chi connectivity index (χ0v) is 9.51. The second-order valence-electron chi connectivity index (χ2n) is 2.78. The lowest BCUT2D eigenvalue weighted by Gasteiger charge is -2.03. The summed E-state index contributed by atoms with van der Waals surface area (Å²) in [6.07, 6.45) is -0.390. The quantitative estimate of drug-likeness (QED) is 0.483. The number of methoxy groups -OCH3 is 1. The maximum Gasteiger partial charge on any atom is 0.313 e. The topological polar surface area (TPSA) is 43.4 Å². The van der Waals surface area contributed by atoms with Gasteiger partial charge in [0.1, 0.15) is 12.2 Å². The molecule has 0 amide bonds. The number of halogens is 2. The monoisotopic (exact) mass is 274 g/mol. The Hall–Kier alpha value is -1.23. The van der Waals surface area contributed by atoms with Gasteiger partial charge in [-0.25, -0.2) is 4.39 Å². The molecular weight excluding hydrogens is 267 g/mol. The van der Waals surface area contributed by atoms with Gasteiger partial charge in [0.2, 0.25) is 0 Å². The van der Waals surface area contributed by atoms with Crippen molar-refractivity contribution in [3.8, 4) is 0 Å². The summed E-state index contributed by atoms with van der Waals surface area (Å²) < 4.78 is 17.5. The van der Waals surface area contributed by atoms with Crippen LogP contribution < -0.4 is 0 Å². The van der Waals surface area contributed by atoms with Crippen LogP contribution in [0.2, 0.25) is 0 Å². The van der Waals surface area contributed by atoms with Crippen LogP contribution in [0.1, 0.15) is 16.8 Å². The Morgan fingerprint density at radius 2 is 2.13 bits per heavy atom. The molecular formula is C10H8BrFO3. The van der Waals surface area contributed by atoms with E-state index in [1.165, 1.54) is 25.3 Å². The van der Waals surface area contributed by atoms with E-state index in [-0.39, 0.29) is 10.0 Å². The molecule has 0 saturated carbocycles. The highest BCUT2D eigenvalue weighted by molar-refractivity contribution is 9.10. The van der Waals surface area contributed by atoms with Gasteiger partial charge in [-0.15, -0.1) is 0 Å². The van der Waals surface area contributed by atoms with E-state index in [1.54, 1.807) is 0 Å². The summed E-state index contributed by atoms with van der Waals surface area (Å²) in [6, 6.07) is 4.07. The number of hydrogen-bond acceptors (Lipinski definition) is 3. The molecule has 3 nitrogen and oxygen atoms in total. The molecule has 0 radical (unpaired) electrons. The highest BCUT2D eigenvalue weighted by Crippen LogP contribution is 2.21. The molecule has 0 aliphatic carbocycles. The number of carbonyl (C=O) groups excluding carboxylic acids is 2. The second-order valence-corrected chi connectivity index (χ2v) is 3.57. The molecule has 5 heteroatoms. The van der Waals surface area contributed by atoms with Crippen LogP contribution in [0.3, 0.4) is 0 Å². The fourth-order valence-electron chi connectivity index (χ4n) is 1.02. The zero-order valence-electron chi connectivity index (χ0n) is 7.92. The zero-order chi connectivity index (χ0) is 11.4. The Balaban J connectivity index is 2.92. The molecule has 0 saturated heterocycles. The van der Waals surface area contributed by atoms with Gasteiger partial charge in [0.25, 0.3) is 0 Å². The van der Waals surface area contributed by atoms with Crippen molar-refractivity contribution in [3.63, 3.8) is 0 Å². The van der Waals surface area contributed by atoms with Crippen LogP contribution in [0.25, 0.3) is 0 Å². The first-order chi connectivity index (χ1) is 7.06. The van der Waals surface area contributed by atoms with Gasteiger partial charge in [-0.2, -0.15) is 0 Å². The minimum Gasteiger partial charge on any atom is -0.469 e. The first-order valence-corrected chi connectivity index (χ1v) is 4.89. The number of esters is 1. The maximum absolute atomic E-state index is 13.0. The molecule has 0 bridgehead atoms. The van der Waals surface area contributed by atoms with Crippen LogP contribution in [0.15, 0.2) is 22.7 Å². The van der Waals surface area contributed by atoms with Crippen molar-refractivity contribution in [2.75, 3.05) is 7.11 Å². The average molecular weight is 275 g/mol. The molecule has 0 heterocycles. The van der Waals surface area contributed by atoms with E-state index in [0.717, 1.165) is 0 Å². The molecule has 1 aromatic carbocycles. The Kier molecular flexibility index (Phi) is 3.96. The molecule has 0 aromatic heterocycles. The van der Waals surface area contributed by atoms with Crippen molar-refractivity contribution in [2.24, 2.45) is 0 Å². The lowest BCUT2D eigenvalue weighted by molar-refractivity contribution is -0.139. The predicted molar refractivity (Wildman–Crippen MR) is 55.1 cm³/mol. The second kappa shape index (κ2) is 5.02. The standard InChI is InChI=1S/C10H8BrFO3/c1-15-9(14)5-8(13)6-3-2-4-7(12)10(6)11/h2-4H,5H2,1H3. The van der Waals surface area contributed by atoms with Gasteiger partial charge in [-0.3, -0.25) is 9.59 Å². The lowest BCUT2D eigenvalue weighted by atomic mass is 10.1. The highest BCUT2D eigenvalue weighted by atomic mass is 79.9. The summed E-state index contributed by atoms with van der Waals surface area (Å²) in [4.78, 5) is 22.3. The average Bonchev–Trinajstić information content (AvgIpc) is 2.21. The molecule has 80 valence electrons. The minimum atomic E-state index is -0.642. The van der Waals surface area contributed by atoms with E-state index in [4.69, 9.17) is 0 Å². The fourth-order valence-corrected chi connectivity index (χ4v) is 1.50. The predicted octanol–water partition coefficient (Wildman–Crippen LogP) is 2.33. The Bertz CT molecular complexity index is 404. The van der Waals surface area contributed by atoms with Crippen molar-refractivity contribution in [2.45, 2.75) is 6.42 Å². The number of hydrogen-bond donors (Lipinski definition) is 0. The number of ketones is 1. The summed E-state index contributed by atoms with van der Waals surface area (Å²) in [5.41, 5.74) is 0.139. The largest absolute Gasteiger partial charge is 0.469 e. The van der Waals surface area contributed by atoms with Crippen LogP contribution in [0.4, 0.5) is 4.39 Å². The molecule has 0 spiro atoms. The number of Topliss-reactive ketones (excluding diaryl/α,β-unsaturated/α-hetero) is 1. The number of ether oxygens (including phenoxy) is 1. The van der Waals surface area contributed by atoms with Crippen molar-refractivity contribution >= 4 is 27.7 Å². The van der Waals surface area contributed by atoms with Gasteiger partial charge >= 0.3 is 5.97 Å². The van der Waals surface area contributed by atoms with Crippen LogP contribution in [-0.2, 0) is 9.53 Å². The molecule has 0 N–H and O–H groups in total. The van der Waals surface area contributed by atoms with Gasteiger partial charge in [0.15, 0.2) is 5.78 Å². The molecule has 0 atom stereocenters. The summed E-state index contributed by atoms with van der Waals surface area (Å²) >= 11 is 2.94. The molecule has 0 fully saturated rings. The van der Waals surface area contributed by atoms with Gasteiger partial charge in [-0.05, 0) is 22.0 Å². The third kappa shape index (κ3) is 2.86. The molecule has 1 rings (SSSR count). The molecule has 0 aliphatic heterocycles. The van der Waals surface area contributed by atoms with E-state index in [9.17, 15) is 14.0 Å². The number of benzene rings is 1. The van der Waals surface area contributed by atoms with E-state index < -0.39 is 24.0 Å². The molecule has 1 aromatic rings. The van der Waals surface area contributed by atoms with Crippen molar-refractivity contribution in [1.29, 1.82) is 0 Å². The first-order valence-electron chi connectivity index (χ1n) is 4.10. The number of carbonyl (C=O) groups is 2. The summed E-state index contributed by atoms with van der Waals surface area (Å²) in [5.74, 6) is -1.66. The van der Waals surface area contributed by atoms with E-state index in [0.29, 0.717) is 0 Å². The Labute approximate surface area is 94.4 Å². The summed E-state index contributed by atoms with van der Waals surface area (Å²) in [5, 5.41) is 0. The maximum atomic E-state index is 13.0. The molecule has 0 unspecified atom stereocenters. The molecule has 15 heavy (non-hydrogen) atoms. The van der Waals surface area contributed by atoms with E-state index in [1.807, 2.05) is 0 Å². The third-order valence-corrected chi connectivity index (χ3v) is 2.59.